The number of benzene rings is 1. The van der Waals surface area contributed by atoms with Crippen LogP contribution in [0.25, 0.3) is 0 Å². The Kier molecular flexibility index (Phi) is 3.76. The summed E-state index contributed by atoms with van der Waals surface area (Å²) in [5.74, 6) is -0.303. The number of nitrogens with zero attached hydrogens (tertiary/aromatic N) is 2. The average Bonchev–Trinajstić information content (AvgIpc) is 2.79. The number of rotatable bonds is 3. The van der Waals surface area contributed by atoms with Crippen LogP contribution in [0.5, 0.6) is 5.75 Å². The van der Waals surface area contributed by atoms with Crippen LogP contribution in [0.4, 0.5) is 5.69 Å². The van der Waals surface area contributed by atoms with E-state index in [1.165, 1.54) is 12.1 Å². The van der Waals surface area contributed by atoms with Crippen molar-refractivity contribution in [2.24, 2.45) is 0 Å². The first-order valence-corrected chi connectivity index (χ1v) is 6.15. The molecule has 0 bridgehead atoms. The molecule has 1 atom stereocenters. The van der Waals surface area contributed by atoms with Crippen LogP contribution in [0, 0.1) is 6.92 Å². The highest BCUT2D eigenvalue weighted by Gasteiger charge is 2.17. The van der Waals surface area contributed by atoms with Gasteiger partial charge in [0, 0.05) is 11.2 Å². The van der Waals surface area contributed by atoms with Crippen LogP contribution in [0.3, 0.4) is 0 Å². The van der Waals surface area contributed by atoms with E-state index in [4.69, 9.17) is 11.6 Å². The molecule has 1 heterocycles. The second-order valence-electron chi connectivity index (χ2n) is 4.32. The Bertz CT molecular complexity index is 610. The monoisotopic (exact) mass is 279 g/mol. The third-order valence-electron chi connectivity index (χ3n) is 2.72. The maximum Gasteiger partial charge on any atom is 0.249 e. The number of anilines is 1. The Balaban J connectivity index is 2.14. The van der Waals surface area contributed by atoms with Crippen molar-refractivity contribution in [2.75, 3.05) is 5.32 Å². The third kappa shape index (κ3) is 3.06. The summed E-state index contributed by atoms with van der Waals surface area (Å²) < 4.78 is 1.56. The molecule has 0 aliphatic rings. The molecule has 100 valence electrons. The molecule has 1 aromatic carbocycles. The first-order chi connectivity index (χ1) is 8.97. The van der Waals surface area contributed by atoms with Crippen molar-refractivity contribution >= 4 is 23.2 Å². The number of aryl methyl sites for hydroxylation is 1. The molecule has 0 saturated heterocycles. The zero-order valence-electron chi connectivity index (χ0n) is 10.6. The van der Waals surface area contributed by atoms with Gasteiger partial charge in [-0.3, -0.25) is 9.48 Å². The quantitative estimate of drug-likeness (QED) is 0.849. The predicted octanol–water partition coefficient (Wildman–Crippen LogP) is 2.75. The van der Waals surface area contributed by atoms with E-state index in [2.05, 4.69) is 10.4 Å². The number of nitrogens with one attached hydrogen (secondary N) is 1. The summed E-state index contributed by atoms with van der Waals surface area (Å²) in [6.45, 7) is 3.63. The van der Waals surface area contributed by atoms with E-state index in [0.29, 0.717) is 5.02 Å². The Morgan fingerprint density at radius 3 is 2.89 bits per heavy atom. The second-order valence-corrected chi connectivity index (χ2v) is 4.76. The topological polar surface area (TPSA) is 67.2 Å². The Labute approximate surface area is 115 Å². The lowest BCUT2D eigenvalue weighted by molar-refractivity contribution is -0.119. The SMILES string of the molecule is Cc1cnn([C@H](C)C(=O)Nc2cc(Cl)ccc2O)c1. The van der Waals surface area contributed by atoms with Crippen LogP contribution in [0.1, 0.15) is 18.5 Å². The first-order valence-electron chi connectivity index (χ1n) is 5.77. The van der Waals surface area contributed by atoms with Gasteiger partial charge in [-0.15, -0.1) is 0 Å². The number of phenols is 1. The fraction of sp³-hybridized carbons (Fsp3) is 0.231. The molecular formula is C13H14ClN3O2. The third-order valence-corrected chi connectivity index (χ3v) is 2.96. The number of carbonyl (C=O) groups is 1. The molecule has 6 heteroatoms. The standard InChI is InChI=1S/C13H14ClN3O2/c1-8-6-15-17(7-8)9(2)13(19)16-11-5-10(14)3-4-12(11)18/h3-7,9,18H,1-2H3,(H,16,19)/t9-/m1/s1. The van der Waals surface area contributed by atoms with Gasteiger partial charge in [0.2, 0.25) is 5.91 Å². The van der Waals surface area contributed by atoms with E-state index < -0.39 is 6.04 Å². The normalized spacial score (nSPS) is 12.2. The van der Waals surface area contributed by atoms with Crippen LogP contribution in [-0.2, 0) is 4.79 Å². The van der Waals surface area contributed by atoms with Gasteiger partial charge in [-0.1, -0.05) is 11.6 Å². The number of hydrogen-bond donors (Lipinski definition) is 2. The van der Waals surface area contributed by atoms with E-state index >= 15 is 0 Å². The number of halogens is 1. The summed E-state index contributed by atoms with van der Waals surface area (Å²) in [7, 11) is 0. The molecule has 2 aromatic rings. The number of amides is 1. The summed E-state index contributed by atoms with van der Waals surface area (Å²) in [4.78, 5) is 12.1. The zero-order valence-corrected chi connectivity index (χ0v) is 11.3. The second kappa shape index (κ2) is 5.32. The Hall–Kier alpha value is -2.01. The molecule has 5 nitrogen and oxygen atoms in total. The van der Waals surface area contributed by atoms with E-state index in [9.17, 15) is 9.90 Å². The van der Waals surface area contributed by atoms with Crippen molar-refractivity contribution < 1.29 is 9.90 Å². The maximum atomic E-state index is 12.1. The summed E-state index contributed by atoms with van der Waals surface area (Å²) >= 11 is 5.82. The van der Waals surface area contributed by atoms with Crippen molar-refractivity contribution in [1.29, 1.82) is 0 Å². The molecule has 1 amide bonds. The number of aromatic nitrogens is 2. The van der Waals surface area contributed by atoms with Gasteiger partial charge in [0.05, 0.1) is 11.9 Å². The van der Waals surface area contributed by atoms with Gasteiger partial charge in [0.1, 0.15) is 11.8 Å². The molecule has 2 rings (SSSR count). The van der Waals surface area contributed by atoms with Gasteiger partial charge >= 0.3 is 0 Å². The lowest BCUT2D eigenvalue weighted by Crippen LogP contribution is -2.24. The van der Waals surface area contributed by atoms with Crippen molar-refractivity contribution in [2.45, 2.75) is 19.9 Å². The van der Waals surface area contributed by atoms with E-state index in [1.807, 2.05) is 6.92 Å². The molecule has 0 fully saturated rings. The summed E-state index contributed by atoms with van der Waals surface area (Å²) in [6, 6.07) is 4.00. The number of phenolic OH excluding ortho intramolecular Hbond substituents is 1. The highest BCUT2D eigenvalue weighted by Crippen LogP contribution is 2.27. The number of hydrogen-bond acceptors (Lipinski definition) is 3. The lowest BCUT2D eigenvalue weighted by Gasteiger charge is -2.13. The van der Waals surface area contributed by atoms with Gasteiger partial charge in [0.25, 0.3) is 0 Å². The van der Waals surface area contributed by atoms with Gasteiger partial charge in [0.15, 0.2) is 0 Å². The Morgan fingerprint density at radius 2 is 2.26 bits per heavy atom. The van der Waals surface area contributed by atoms with Crippen molar-refractivity contribution in [3.05, 3.63) is 41.2 Å². The van der Waals surface area contributed by atoms with Crippen LogP contribution >= 0.6 is 11.6 Å². The summed E-state index contributed by atoms with van der Waals surface area (Å²) in [6.07, 6.45) is 3.46. The van der Waals surface area contributed by atoms with Gasteiger partial charge in [-0.05, 0) is 37.6 Å². The van der Waals surface area contributed by atoms with Crippen molar-refractivity contribution in [1.82, 2.24) is 9.78 Å². The van der Waals surface area contributed by atoms with Crippen LogP contribution in [0.15, 0.2) is 30.6 Å². The molecule has 0 radical (unpaired) electrons. The van der Waals surface area contributed by atoms with E-state index in [0.717, 1.165) is 5.56 Å². The minimum atomic E-state index is -0.480. The average molecular weight is 280 g/mol. The summed E-state index contributed by atoms with van der Waals surface area (Å²) in [5, 5.41) is 16.8. The molecular weight excluding hydrogens is 266 g/mol. The van der Waals surface area contributed by atoms with Crippen LogP contribution in [-0.4, -0.2) is 20.8 Å². The molecule has 0 aliphatic carbocycles. The van der Waals surface area contributed by atoms with Crippen LogP contribution < -0.4 is 5.32 Å². The minimum absolute atomic E-state index is 0.0263. The van der Waals surface area contributed by atoms with Gasteiger partial charge in [-0.25, -0.2) is 0 Å². The molecule has 0 spiro atoms. The number of aromatic hydroxyl groups is 1. The van der Waals surface area contributed by atoms with E-state index in [-0.39, 0.29) is 17.3 Å². The molecule has 19 heavy (non-hydrogen) atoms. The van der Waals surface area contributed by atoms with Crippen molar-refractivity contribution in [3.63, 3.8) is 0 Å². The predicted molar refractivity (Wildman–Crippen MR) is 73.4 cm³/mol. The van der Waals surface area contributed by atoms with Crippen molar-refractivity contribution in [3.8, 4) is 5.75 Å². The zero-order chi connectivity index (χ0) is 14.0. The molecule has 0 unspecified atom stereocenters. The largest absolute Gasteiger partial charge is 0.506 e. The first kappa shape index (κ1) is 13.4. The fourth-order valence-corrected chi connectivity index (χ4v) is 1.78. The summed E-state index contributed by atoms with van der Waals surface area (Å²) in [5.41, 5.74) is 1.26. The van der Waals surface area contributed by atoms with Gasteiger partial charge in [-0.2, -0.15) is 5.10 Å². The van der Waals surface area contributed by atoms with Gasteiger partial charge < -0.3 is 10.4 Å². The highest BCUT2D eigenvalue weighted by atomic mass is 35.5. The molecule has 0 saturated carbocycles. The molecule has 0 aliphatic heterocycles. The van der Waals surface area contributed by atoms with Crippen LogP contribution in [0.2, 0.25) is 5.02 Å². The smallest absolute Gasteiger partial charge is 0.249 e. The molecule has 1 aromatic heterocycles. The maximum absolute atomic E-state index is 12.1. The minimum Gasteiger partial charge on any atom is -0.506 e. The number of carbonyl (C=O) groups excluding carboxylic acids is 1. The molecule has 2 N–H and O–H groups in total. The highest BCUT2D eigenvalue weighted by molar-refractivity contribution is 6.31. The lowest BCUT2D eigenvalue weighted by atomic mass is 10.2. The van der Waals surface area contributed by atoms with E-state index in [1.54, 1.807) is 30.1 Å². The Morgan fingerprint density at radius 1 is 1.53 bits per heavy atom. The fourth-order valence-electron chi connectivity index (χ4n) is 1.61.